The van der Waals surface area contributed by atoms with Crippen LogP contribution >= 0.6 is 11.6 Å². The maximum Gasteiger partial charge on any atom is 0.363 e. The fraction of sp³-hybridized carbons (Fsp3) is 0.158. The van der Waals surface area contributed by atoms with Gasteiger partial charge in [0.25, 0.3) is 0 Å². The summed E-state index contributed by atoms with van der Waals surface area (Å²) in [4.78, 5) is 16.4. The topological polar surface area (TPSA) is 57.1 Å². The molecule has 0 unspecified atom stereocenters. The molecule has 6 heteroatoms. The van der Waals surface area contributed by atoms with Crippen molar-refractivity contribution in [2.45, 2.75) is 6.92 Å². The summed E-state index contributed by atoms with van der Waals surface area (Å²) < 4.78 is 15.9. The molecule has 1 heterocycles. The SMILES string of the molecule is CCOc1ccc(/C=C2\N=C(c3cc(Cl)ccc3OC)OC2=O)cc1. The Bertz CT molecular complexity index is 856. The van der Waals surface area contributed by atoms with Gasteiger partial charge >= 0.3 is 5.97 Å². The van der Waals surface area contributed by atoms with Crippen molar-refractivity contribution < 1.29 is 19.0 Å². The highest BCUT2D eigenvalue weighted by Crippen LogP contribution is 2.28. The second-order valence-corrected chi connectivity index (χ2v) is 5.62. The third-order valence-electron chi connectivity index (χ3n) is 3.51. The Hall–Kier alpha value is -2.79. The Kier molecular flexibility index (Phi) is 5.05. The van der Waals surface area contributed by atoms with Crippen LogP contribution in [0.1, 0.15) is 18.1 Å². The van der Waals surface area contributed by atoms with Crippen molar-refractivity contribution in [3.8, 4) is 11.5 Å². The molecule has 0 radical (unpaired) electrons. The molecule has 25 heavy (non-hydrogen) atoms. The van der Waals surface area contributed by atoms with E-state index in [0.29, 0.717) is 22.9 Å². The summed E-state index contributed by atoms with van der Waals surface area (Å²) in [6.45, 7) is 2.52. The summed E-state index contributed by atoms with van der Waals surface area (Å²) in [5.74, 6) is 0.942. The van der Waals surface area contributed by atoms with Gasteiger partial charge in [0.15, 0.2) is 5.70 Å². The van der Waals surface area contributed by atoms with Crippen LogP contribution in [0.3, 0.4) is 0 Å². The van der Waals surface area contributed by atoms with Gasteiger partial charge in [-0.15, -0.1) is 0 Å². The highest BCUT2D eigenvalue weighted by molar-refractivity contribution is 6.31. The first kappa shape index (κ1) is 17.0. The lowest BCUT2D eigenvalue weighted by Crippen LogP contribution is -2.07. The van der Waals surface area contributed by atoms with Gasteiger partial charge in [-0.05, 0) is 48.9 Å². The lowest BCUT2D eigenvalue weighted by atomic mass is 10.2. The first-order chi connectivity index (χ1) is 12.1. The van der Waals surface area contributed by atoms with Crippen LogP contribution < -0.4 is 9.47 Å². The molecular formula is C19H16ClNO4. The van der Waals surface area contributed by atoms with Crippen molar-refractivity contribution in [2.75, 3.05) is 13.7 Å². The molecule has 0 saturated carbocycles. The van der Waals surface area contributed by atoms with Gasteiger partial charge in [0.1, 0.15) is 11.5 Å². The standard InChI is InChI=1S/C19H16ClNO4/c1-3-24-14-7-4-12(5-8-14)10-16-19(22)25-18(21-16)15-11-13(20)6-9-17(15)23-2/h4-11H,3H2,1-2H3/b16-10-. The summed E-state index contributed by atoms with van der Waals surface area (Å²) in [5, 5.41) is 0.499. The number of methoxy groups -OCH3 is 1. The van der Waals surface area contributed by atoms with Crippen LogP contribution in [0.2, 0.25) is 5.02 Å². The second-order valence-electron chi connectivity index (χ2n) is 5.18. The molecule has 0 aliphatic carbocycles. The Morgan fingerprint density at radius 3 is 2.64 bits per heavy atom. The van der Waals surface area contributed by atoms with Crippen molar-refractivity contribution in [3.63, 3.8) is 0 Å². The third-order valence-corrected chi connectivity index (χ3v) is 3.74. The van der Waals surface area contributed by atoms with Crippen LogP contribution in [0.4, 0.5) is 0 Å². The maximum atomic E-state index is 12.1. The summed E-state index contributed by atoms with van der Waals surface area (Å²) in [6, 6.07) is 12.4. The zero-order valence-corrected chi connectivity index (χ0v) is 14.5. The predicted molar refractivity (Wildman–Crippen MR) is 96.2 cm³/mol. The van der Waals surface area contributed by atoms with Crippen molar-refractivity contribution >= 4 is 29.5 Å². The number of hydrogen-bond acceptors (Lipinski definition) is 5. The van der Waals surface area contributed by atoms with Gasteiger partial charge in [-0.1, -0.05) is 23.7 Å². The number of esters is 1. The molecule has 5 nitrogen and oxygen atoms in total. The molecular weight excluding hydrogens is 342 g/mol. The van der Waals surface area contributed by atoms with E-state index in [0.717, 1.165) is 11.3 Å². The van der Waals surface area contributed by atoms with E-state index in [9.17, 15) is 4.79 Å². The van der Waals surface area contributed by atoms with E-state index < -0.39 is 5.97 Å². The number of nitrogens with zero attached hydrogens (tertiary/aromatic N) is 1. The van der Waals surface area contributed by atoms with E-state index in [4.69, 9.17) is 25.8 Å². The van der Waals surface area contributed by atoms with Crippen molar-refractivity contribution in [3.05, 3.63) is 64.3 Å². The molecule has 2 aromatic carbocycles. The van der Waals surface area contributed by atoms with Crippen LogP contribution in [0.5, 0.6) is 11.5 Å². The highest BCUT2D eigenvalue weighted by atomic mass is 35.5. The number of carbonyl (C=O) groups excluding carboxylic acids is 1. The van der Waals surface area contributed by atoms with Crippen LogP contribution in [0, 0.1) is 0 Å². The first-order valence-electron chi connectivity index (χ1n) is 7.70. The average molecular weight is 358 g/mol. The Balaban J connectivity index is 1.91. The van der Waals surface area contributed by atoms with Gasteiger partial charge in [-0.3, -0.25) is 0 Å². The second kappa shape index (κ2) is 7.40. The van der Waals surface area contributed by atoms with Crippen LogP contribution in [0.15, 0.2) is 53.2 Å². The fourth-order valence-electron chi connectivity index (χ4n) is 2.36. The van der Waals surface area contributed by atoms with Crippen molar-refractivity contribution in [1.82, 2.24) is 0 Å². The van der Waals surface area contributed by atoms with Crippen LogP contribution in [0.25, 0.3) is 6.08 Å². The molecule has 0 aromatic heterocycles. The van der Waals surface area contributed by atoms with Gasteiger partial charge in [-0.25, -0.2) is 9.79 Å². The highest BCUT2D eigenvalue weighted by Gasteiger charge is 2.26. The molecule has 0 spiro atoms. The largest absolute Gasteiger partial charge is 0.496 e. The van der Waals surface area contributed by atoms with Crippen LogP contribution in [-0.2, 0) is 9.53 Å². The Labute approximate surface area is 150 Å². The Morgan fingerprint density at radius 1 is 1.20 bits per heavy atom. The van der Waals surface area contributed by atoms with E-state index in [-0.39, 0.29) is 11.6 Å². The van der Waals surface area contributed by atoms with Gasteiger partial charge < -0.3 is 14.2 Å². The van der Waals surface area contributed by atoms with Crippen LogP contribution in [-0.4, -0.2) is 25.6 Å². The number of hydrogen-bond donors (Lipinski definition) is 0. The van der Waals surface area contributed by atoms with E-state index in [1.807, 2.05) is 31.2 Å². The van der Waals surface area contributed by atoms with E-state index in [1.54, 1.807) is 24.3 Å². The predicted octanol–water partition coefficient (Wildman–Crippen LogP) is 4.09. The summed E-state index contributed by atoms with van der Waals surface area (Å²) in [6.07, 6.45) is 1.65. The maximum absolute atomic E-state index is 12.1. The number of benzene rings is 2. The number of halogens is 1. The number of ether oxygens (including phenoxy) is 3. The lowest BCUT2D eigenvalue weighted by molar-refractivity contribution is -0.129. The molecule has 0 N–H and O–H groups in total. The summed E-state index contributed by atoms with van der Waals surface area (Å²) >= 11 is 6.02. The molecule has 128 valence electrons. The molecule has 0 fully saturated rings. The number of rotatable bonds is 5. The summed E-state index contributed by atoms with van der Waals surface area (Å²) in [7, 11) is 1.53. The molecule has 2 aromatic rings. The lowest BCUT2D eigenvalue weighted by Gasteiger charge is -2.07. The molecule has 1 aliphatic heterocycles. The minimum absolute atomic E-state index is 0.168. The average Bonchev–Trinajstić information content (AvgIpc) is 2.97. The van der Waals surface area contributed by atoms with Gasteiger partial charge in [0, 0.05) is 5.02 Å². The van der Waals surface area contributed by atoms with Crippen molar-refractivity contribution in [2.24, 2.45) is 4.99 Å². The van der Waals surface area contributed by atoms with Gasteiger partial charge in [-0.2, -0.15) is 0 Å². The minimum Gasteiger partial charge on any atom is -0.496 e. The smallest absolute Gasteiger partial charge is 0.363 e. The monoisotopic (exact) mass is 357 g/mol. The fourth-order valence-corrected chi connectivity index (χ4v) is 2.53. The molecule has 0 atom stereocenters. The van der Waals surface area contributed by atoms with E-state index in [1.165, 1.54) is 7.11 Å². The third kappa shape index (κ3) is 3.83. The molecule has 0 amide bonds. The molecule has 1 aliphatic rings. The number of aliphatic imine (C=N–C) groups is 1. The first-order valence-corrected chi connectivity index (χ1v) is 8.08. The van der Waals surface area contributed by atoms with Gasteiger partial charge in [0.05, 0.1) is 19.3 Å². The van der Waals surface area contributed by atoms with Gasteiger partial charge in [0.2, 0.25) is 5.90 Å². The zero-order chi connectivity index (χ0) is 17.8. The van der Waals surface area contributed by atoms with E-state index >= 15 is 0 Å². The number of carbonyl (C=O) groups is 1. The summed E-state index contributed by atoms with van der Waals surface area (Å²) in [5.41, 5.74) is 1.55. The molecule has 0 bridgehead atoms. The minimum atomic E-state index is -0.522. The zero-order valence-electron chi connectivity index (χ0n) is 13.8. The molecule has 3 rings (SSSR count). The normalized spacial score (nSPS) is 15.1. The van der Waals surface area contributed by atoms with E-state index in [2.05, 4.69) is 4.99 Å². The van der Waals surface area contributed by atoms with Crippen molar-refractivity contribution in [1.29, 1.82) is 0 Å². The quantitative estimate of drug-likeness (QED) is 0.597. The number of cyclic esters (lactones) is 1. The molecule has 0 saturated heterocycles. The Morgan fingerprint density at radius 2 is 1.96 bits per heavy atom.